The van der Waals surface area contributed by atoms with Crippen molar-refractivity contribution in [3.05, 3.63) is 11.7 Å². The van der Waals surface area contributed by atoms with Crippen molar-refractivity contribution in [2.24, 2.45) is 5.92 Å². The summed E-state index contributed by atoms with van der Waals surface area (Å²) in [4.78, 5) is 18.5. The molecule has 1 aliphatic heterocycles. The molecule has 1 aromatic heterocycles. The highest BCUT2D eigenvalue weighted by atomic mass is 16.5. The van der Waals surface area contributed by atoms with E-state index in [9.17, 15) is 4.79 Å². The van der Waals surface area contributed by atoms with Crippen molar-refractivity contribution in [2.75, 3.05) is 26.3 Å². The van der Waals surface area contributed by atoms with Crippen LogP contribution in [0.1, 0.15) is 75.4 Å². The molecule has 2 N–H and O–H groups in total. The molecule has 1 atom stereocenters. The van der Waals surface area contributed by atoms with Gasteiger partial charge in [-0.1, -0.05) is 50.1 Å². The number of nitrogens with one attached hydrogen (secondary N) is 1. The Bertz CT molecular complexity index is 568. The van der Waals surface area contributed by atoms with Crippen LogP contribution in [0.3, 0.4) is 0 Å². The molecule has 0 unspecified atom stereocenters. The Labute approximate surface area is 160 Å². The summed E-state index contributed by atoms with van der Waals surface area (Å²) in [6, 6.07) is 0. The lowest BCUT2D eigenvalue weighted by molar-refractivity contribution is -0.129. The first-order valence-electron chi connectivity index (χ1n) is 10.3. The molecular formula is C19H32N4O4. The minimum Gasteiger partial charge on any atom is -0.379 e. The summed E-state index contributed by atoms with van der Waals surface area (Å²) < 4.78 is 10.8. The zero-order chi connectivity index (χ0) is 18.9. The number of hydrogen-bond donors (Lipinski definition) is 2. The zero-order valence-electron chi connectivity index (χ0n) is 16.1. The van der Waals surface area contributed by atoms with Gasteiger partial charge in [0.25, 0.3) is 0 Å². The SMILES string of the molecule is O=C(C[C@@H](CCCC1CCCCC1)c1nc(CN2CCOCC2)no1)NO. The maximum atomic E-state index is 11.7. The fraction of sp³-hybridized carbons (Fsp3) is 0.842. The van der Waals surface area contributed by atoms with Gasteiger partial charge in [0.1, 0.15) is 0 Å². The van der Waals surface area contributed by atoms with Crippen LogP contribution < -0.4 is 5.48 Å². The van der Waals surface area contributed by atoms with Crippen LogP contribution in [-0.4, -0.2) is 52.5 Å². The Balaban J connectivity index is 1.53. The van der Waals surface area contributed by atoms with Crippen LogP contribution in [0.15, 0.2) is 4.52 Å². The molecule has 27 heavy (non-hydrogen) atoms. The number of hydroxylamine groups is 1. The number of morpholine rings is 1. The standard InChI is InChI=1S/C19H32N4O4/c24-18(21-25)13-16(8-4-7-15-5-2-1-3-6-15)19-20-17(22-27-19)14-23-9-11-26-12-10-23/h15-16,25H,1-14H2,(H,21,24)/t16-/m1/s1. The fourth-order valence-electron chi connectivity index (χ4n) is 4.17. The number of nitrogens with zero attached hydrogens (tertiary/aromatic N) is 3. The highest BCUT2D eigenvalue weighted by Gasteiger charge is 2.24. The molecule has 1 aliphatic carbocycles. The molecule has 1 saturated heterocycles. The van der Waals surface area contributed by atoms with E-state index in [1.54, 1.807) is 5.48 Å². The molecule has 0 bridgehead atoms. The summed E-state index contributed by atoms with van der Waals surface area (Å²) in [5.41, 5.74) is 1.73. The molecule has 8 nitrogen and oxygen atoms in total. The molecule has 1 saturated carbocycles. The summed E-state index contributed by atoms with van der Waals surface area (Å²) >= 11 is 0. The number of carbonyl (C=O) groups excluding carboxylic acids is 1. The second-order valence-electron chi connectivity index (χ2n) is 7.81. The molecule has 1 amide bonds. The van der Waals surface area contributed by atoms with E-state index in [0.29, 0.717) is 18.3 Å². The average Bonchev–Trinajstić information content (AvgIpc) is 3.17. The second kappa shape index (κ2) is 10.7. The van der Waals surface area contributed by atoms with Crippen molar-refractivity contribution >= 4 is 5.91 Å². The molecule has 2 fully saturated rings. The first-order chi connectivity index (χ1) is 13.2. The third-order valence-electron chi connectivity index (χ3n) is 5.75. The highest BCUT2D eigenvalue weighted by molar-refractivity contribution is 5.75. The Morgan fingerprint density at radius 3 is 2.78 bits per heavy atom. The summed E-state index contributed by atoms with van der Waals surface area (Å²) in [7, 11) is 0. The average molecular weight is 380 g/mol. The predicted octanol–water partition coefficient (Wildman–Crippen LogP) is 2.63. The van der Waals surface area contributed by atoms with Gasteiger partial charge in [-0.2, -0.15) is 4.98 Å². The molecule has 2 heterocycles. The monoisotopic (exact) mass is 380 g/mol. The van der Waals surface area contributed by atoms with Crippen molar-refractivity contribution in [3.63, 3.8) is 0 Å². The molecule has 0 radical (unpaired) electrons. The predicted molar refractivity (Wildman–Crippen MR) is 98.1 cm³/mol. The van der Waals surface area contributed by atoms with E-state index in [1.807, 2.05) is 0 Å². The van der Waals surface area contributed by atoms with E-state index in [4.69, 9.17) is 14.5 Å². The van der Waals surface area contributed by atoms with Crippen LogP contribution in [0.25, 0.3) is 0 Å². The summed E-state index contributed by atoms with van der Waals surface area (Å²) in [6.45, 7) is 3.81. The van der Waals surface area contributed by atoms with Gasteiger partial charge in [-0.05, 0) is 12.3 Å². The number of aromatic nitrogens is 2. The molecule has 152 valence electrons. The van der Waals surface area contributed by atoms with Crippen molar-refractivity contribution in [1.29, 1.82) is 0 Å². The largest absolute Gasteiger partial charge is 0.379 e. The lowest BCUT2D eigenvalue weighted by Gasteiger charge is -2.24. The summed E-state index contributed by atoms with van der Waals surface area (Å²) in [6.07, 6.45) is 9.91. The third kappa shape index (κ3) is 6.55. The summed E-state index contributed by atoms with van der Waals surface area (Å²) in [5, 5.41) is 13.0. The van der Waals surface area contributed by atoms with E-state index in [0.717, 1.165) is 45.1 Å². The lowest BCUT2D eigenvalue weighted by atomic mass is 9.84. The van der Waals surface area contributed by atoms with Crippen molar-refractivity contribution < 1.29 is 19.3 Å². The van der Waals surface area contributed by atoms with Gasteiger partial charge in [0, 0.05) is 25.4 Å². The van der Waals surface area contributed by atoms with Crippen LogP contribution in [0.4, 0.5) is 0 Å². The number of amides is 1. The van der Waals surface area contributed by atoms with Gasteiger partial charge in [0.15, 0.2) is 5.82 Å². The minimum atomic E-state index is -0.411. The van der Waals surface area contributed by atoms with Gasteiger partial charge in [-0.25, -0.2) is 5.48 Å². The number of rotatable bonds is 9. The molecule has 3 rings (SSSR count). The molecule has 0 aromatic carbocycles. The number of carbonyl (C=O) groups is 1. The normalized spacial score (nSPS) is 20.5. The van der Waals surface area contributed by atoms with E-state index < -0.39 is 5.91 Å². The fourth-order valence-corrected chi connectivity index (χ4v) is 4.17. The molecule has 2 aliphatic rings. The van der Waals surface area contributed by atoms with Crippen molar-refractivity contribution in [3.8, 4) is 0 Å². The highest BCUT2D eigenvalue weighted by Crippen LogP contribution is 2.31. The van der Waals surface area contributed by atoms with Crippen molar-refractivity contribution in [1.82, 2.24) is 20.5 Å². The topological polar surface area (TPSA) is 101 Å². The van der Waals surface area contributed by atoms with Gasteiger partial charge < -0.3 is 9.26 Å². The van der Waals surface area contributed by atoms with Gasteiger partial charge in [-0.15, -0.1) is 0 Å². The smallest absolute Gasteiger partial charge is 0.244 e. The first-order valence-corrected chi connectivity index (χ1v) is 10.3. The lowest BCUT2D eigenvalue weighted by Crippen LogP contribution is -2.35. The van der Waals surface area contributed by atoms with Crippen LogP contribution in [0.5, 0.6) is 0 Å². The summed E-state index contributed by atoms with van der Waals surface area (Å²) in [5.74, 6) is 1.40. The quantitative estimate of drug-likeness (QED) is 0.502. The third-order valence-corrected chi connectivity index (χ3v) is 5.75. The van der Waals surface area contributed by atoms with Gasteiger partial charge >= 0.3 is 0 Å². The number of ether oxygens (including phenoxy) is 1. The first kappa shape index (κ1) is 20.2. The maximum Gasteiger partial charge on any atom is 0.244 e. The van der Waals surface area contributed by atoms with Crippen LogP contribution in [-0.2, 0) is 16.1 Å². The Morgan fingerprint density at radius 1 is 1.26 bits per heavy atom. The minimum absolute atomic E-state index is 0.147. The van der Waals surface area contributed by atoms with Crippen molar-refractivity contribution in [2.45, 2.75) is 70.3 Å². The maximum absolute atomic E-state index is 11.7. The van der Waals surface area contributed by atoms with Crippen LogP contribution in [0, 0.1) is 5.92 Å². The van der Waals surface area contributed by atoms with E-state index in [-0.39, 0.29) is 12.3 Å². The van der Waals surface area contributed by atoms with Crippen LogP contribution in [0.2, 0.25) is 0 Å². The van der Waals surface area contributed by atoms with Gasteiger partial charge in [-0.3, -0.25) is 14.9 Å². The Morgan fingerprint density at radius 2 is 2.04 bits per heavy atom. The molecular weight excluding hydrogens is 348 g/mol. The molecule has 8 heteroatoms. The second-order valence-corrected chi connectivity index (χ2v) is 7.81. The van der Waals surface area contributed by atoms with Crippen LogP contribution >= 0.6 is 0 Å². The van der Waals surface area contributed by atoms with E-state index in [1.165, 1.54) is 38.5 Å². The molecule has 1 aromatic rings. The van der Waals surface area contributed by atoms with E-state index >= 15 is 0 Å². The van der Waals surface area contributed by atoms with E-state index in [2.05, 4.69) is 15.0 Å². The Hall–Kier alpha value is -1.51. The molecule has 0 spiro atoms. The van der Waals surface area contributed by atoms with Gasteiger partial charge in [0.05, 0.1) is 19.8 Å². The van der Waals surface area contributed by atoms with Gasteiger partial charge in [0.2, 0.25) is 11.8 Å². The Kier molecular flexibility index (Phi) is 8.04. The number of hydrogen-bond acceptors (Lipinski definition) is 7. The zero-order valence-corrected chi connectivity index (χ0v) is 16.1.